The summed E-state index contributed by atoms with van der Waals surface area (Å²) in [6, 6.07) is 14.2. The molecule has 0 unspecified atom stereocenters. The molecule has 4 rings (SSSR count). The van der Waals surface area contributed by atoms with Gasteiger partial charge in [0.05, 0.1) is 19.6 Å². The summed E-state index contributed by atoms with van der Waals surface area (Å²) >= 11 is 5.89. The Morgan fingerprint density at radius 2 is 1.72 bits per heavy atom. The largest absolute Gasteiger partial charge is 0.481 e. The molecule has 0 spiro atoms. The van der Waals surface area contributed by atoms with Crippen molar-refractivity contribution in [2.24, 2.45) is 0 Å². The van der Waals surface area contributed by atoms with Gasteiger partial charge in [0.25, 0.3) is 5.91 Å². The van der Waals surface area contributed by atoms with Crippen molar-refractivity contribution in [1.82, 2.24) is 9.97 Å². The summed E-state index contributed by atoms with van der Waals surface area (Å²) in [5, 5.41) is 13.0. The second kappa shape index (κ2) is 11.4. The summed E-state index contributed by atoms with van der Waals surface area (Å²) in [5.74, 6) is 0.673. The summed E-state index contributed by atoms with van der Waals surface area (Å²) in [4.78, 5) is 37.5. The molecule has 36 heavy (non-hydrogen) atoms. The molecule has 0 saturated carbocycles. The van der Waals surface area contributed by atoms with Gasteiger partial charge in [-0.3, -0.25) is 9.59 Å². The SMILES string of the molecule is CN(C)c1nc(Cc2ccc(NC(=O)c3ccc(Cl)cc3)cc2)nc(N2CCOCC2)c1CC(=O)O. The normalized spacial score (nSPS) is 13.4. The number of rotatable bonds is 8. The fourth-order valence-corrected chi connectivity index (χ4v) is 4.12. The van der Waals surface area contributed by atoms with Crippen LogP contribution >= 0.6 is 11.6 Å². The maximum atomic E-state index is 12.5. The maximum absolute atomic E-state index is 12.5. The third kappa shape index (κ3) is 6.30. The average molecular weight is 510 g/mol. The van der Waals surface area contributed by atoms with E-state index in [1.165, 1.54) is 0 Å². The molecule has 1 aliphatic heterocycles. The Morgan fingerprint density at radius 1 is 1.06 bits per heavy atom. The van der Waals surface area contributed by atoms with Crippen molar-refractivity contribution in [3.63, 3.8) is 0 Å². The number of carbonyl (C=O) groups excluding carboxylic acids is 1. The van der Waals surface area contributed by atoms with Crippen molar-refractivity contribution in [2.45, 2.75) is 12.8 Å². The Hall–Kier alpha value is -3.69. The number of amides is 1. The molecule has 0 atom stereocenters. The highest BCUT2D eigenvalue weighted by Gasteiger charge is 2.24. The maximum Gasteiger partial charge on any atom is 0.308 e. The minimum absolute atomic E-state index is 0.164. The predicted molar refractivity (Wildman–Crippen MR) is 139 cm³/mol. The number of hydrogen-bond acceptors (Lipinski definition) is 7. The molecule has 1 amide bonds. The third-order valence-corrected chi connectivity index (χ3v) is 6.00. The standard InChI is InChI=1S/C26H28ClN5O4/c1-31(2)24-21(16-23(33)34)25(32-11-13-36-14-12-32)30-22(29-24)15-17-3-9-20(10-4-17)28-26(35)18-5-7-19(27)8-6-18/h3-10H,11-16H2,1-2H3,(H,28,35)(H,33,34). The Bertz CT molecular complexity index is 1230. The number of morpholine rings is 1. The van der Waals surface area contributed by atoms with Gasteiger partial charge in [0, 0.05) is 55.4 Å². The van der Waals surface area contributed by atoms with Gasteiger partial charge in [-0.25, -0.2) is 9.97 Å². The molecule has 1 fully saturated rings. The van der Waals surface area contributed by atoms with Crippen LogP contribution in [0.2, 0.25) is 5.02 Å². The summed E-state index contributed by atoms with van der Waals surface area (Å²) in [5.41, 5.74) is 2.74. The molecule has 0 radical (unpaired) electrons. The Labute approximate surface area is 214 Å². The van der Waals surface area contributed by atoms with Gasteiger partial charge in [0.15, 0.2) is 0 Å². The Morgan fingerprint density at radius 3 is 2.33 bits per heavy atom. The second-order valence-electron chi connectivity index (χ2n) is 8.66. The van der Waals surface area contributed by atoms with Crippen LogP contribution in [0.3, 0.4) is 0 Å². The van der Waals surface area contributed by atoms with E-state index in [9.17, 15) is 14.7 Å². The van der Waals surface area contributed by atoms with Gasteiger partial charge in [-0.2, -0.15) is 0 Å². The summed E-state index contributed by atoms with van der Waals surface area (Å²) in [7, 11) is 3.69. The number of ether oxygens (including phenoxy) is 1. The molecule has 0 bridgehead atoms. The molecule has 2 aromatic carbocycles. The first-order chi connectivity index (χ1) is 17.3. The number of carbonyl (C=O) groups is 2. The molecular weight excluding hydrogens is 482 g/mol. The van der Waals surface area contributed by atoms with Crippen LogP contribution in [0, 0.1) is 0 Å². The molecule has 1 aromatic heterocycles. The van der Waals surface area contributed by atoms with Gasteiger partial charge in [-0.15, -0.1) is 0 Å². The quantitative estimate of drug-likeness (QED) is 0.475. The van der Waals surface area contributed by atoms with Gasteiger partial charge < -0.3 is 25.0 Å². The van der Waals surface area contributed by atoms with Crippen LogP contribution in [0.25, 0.3) is 0 Å². The first kappa shape index (κ1) is 25.4. The van der Waals surface area contributed by atoms with E-state index >= 15 is 0 Å². The summed E-state index contributed by atoms with van der Waals surface area (Å²) in [6.45, 7) is 2.40. The molecule has 10 heteroatoms. The number of hydrogen-bond donors (Lipinski definition) is 2. The lowest BCUT2D eigenvalue weighted by atomic mass is 10.1. The molecule has 3 aromatic rings. The van der Waals surface area contributed by atoms with E-state index in [0.717, 1.165) is 5.56 Å². The average Bonchev–Trinajstić information content (AvgIpc) is 2.86. The number of aliphatic carboxylic acids is 1. The van der Waals surface area contributed by atoms with Crippen LogP contribution in [0.1, 0.15) is 27.3 Å². The second-order valence-corrected chi connectivity index (χ2v) is 9.10. The van der Waals surface area contributed by atoms with Crippen molar-refractivity contribution in [2.75, 3.05) is 55.5 Å². The summed E-state index contributed by atoms with van der Waals surface area (Å²) < 4.78 is 5.47. The molecule has 2 N–H and O–H groups in total. The number of aromatic nitrogens is 2. The highest BCUT2D eigenvalue weighted by molar-refractivity contribution is 6.30. The fraction of sp³-hybridized carbons (Fsp3) is 0.308. The van der Waals surface area contributed by atoms with Crippen LogP contribution < -0.4 is 15.1 Å². The van der Waals surface area contributed by atoms with Gasteiger partial charge >= 0.3 is 5.97 Å². The lowest BCUT2D eigenvalue weighted by molar-refractivity contribution is -0.136. The van der Waals surface area contributed by atoms with Crippen molar-refractivity contribution in [3.8, 4) is 0 Å². The molecular formula is C26H28ClN5O4. The van der Waals surface area contributed by atoms with Crippen molar-refractivity contribution >= 4 is 40.8 Å². The molecule has 0 aliphatic carbocycles. The number of benzene rings is 2. The van der Waals surface area contributed by atoms with E-state index in [2.05, 4.69) is 10.2 Å². The molecule has 188 valence electrons. The van der Waals surface area contributed by atoms with Crippen molar-refractivity contribution in [3.05, 3.63) is 76.1 Å². The number of carboxylic acid groups (broad SMARTS) is 1. The zero-order valence-electron chi connectivity index (χ0n) is 20.2. The Balaban J connectivity index is 1.56. The van der Waals surface area contributed by atoms with E-state index < -0.39 is 5.97 Å². The molecule has 1 aliphatic rings. The first-order valence-corrected chi connectivity index (χ1v) is 12.0. The minimum Gasteiger partial charge on any atom is -0.481 e. The van der Waals surface area contributed by atoms with E-state index in [1.807, 2.05) is 43.3 Å². The van der Waals surface area contributed by atoms with Crippen LogP contribution in [0.15, 0.2) is 48.5 Å². The number of nitrogens with one attached hydrogen (secondary N) is 1. The van der Waals surface area contributed by atoms with Crippen LogP contribution in [-0.2, 0) is 22.4 Å². The van der Waals surface area contributed by atoms with Crippen molar-refractivity contribution < 1.29 is 19.4 Å². The first-order valence-electron chi connectivity index (χ1n) is 11.6. The minimum atomic E-state index is -0.930. The topological polar surface area (TPSA) is 108 Å². The van der Waals surface area contributed by atoms with Gasteiger partial charge in [-0.1, -0.05) is 23.7 Å². The van der Waals surface area contributed by atoms with E-state index in [0.29, 0.717) is 72.0 Å². The predicted octanol–water partition coefficient (Wildman–Crippen LogP) is 3.50. The smallest absolute Gasteiger partial charge is 0.308 e. The third-order valence-electron chi connectivity index (χ3n) is 5.75. The van der Waals surface area contributed by atoms with E-state index in [-0.39, 0.29) is 12.3 Å². The Kier molecular flexibility index (Phi) is 8.02. The highest BCUT2D eigenvalue weighted by Crippen LogP contribution is 2.29. The monoisotopic (exact) mass is 509 g/mol. The molecule has 9 nitrogen and oxygen atoms in total. The summed E-state index contributed by atoms with van der Waals surface area (Å²) in [6.07, 6.45) is 0.291. The fourth-order valence-electron chi connectivity index (χ4n) is 3.99. The lowest BCUT2D eigenvalue weighted by Gasteiger charge is -2.31. The van der Waals surface area contributed by atoms with E-state index in [4.69, 9.17) is 26.3 Å². The van der Waals surface area contributed by atoms with Crippen LogP contribution in [0.5, 0.6) is 0 Å². The van der Waals surface area contributed by atoms with Gasteiger partial charge in [0.1, 0.15) is 17.5 Å². The zero-order chi connectivity index (χ0) is 25.7. The molecule has 1 saturated heterocycles. The number of carboxylic acids is 1. The van der Waals surface area contributed by atoms with Gasteiger partial charge in [-0.05, 0) is 42.0 Å². The zero-order valence-corrected chi connectivity index (χ0v) is 21.0. The number of nitrogens with zero attached hydrogens (tertiary/aromatic N) is 4. The number of anilines is 3. The van der Waals surface area contributed by atoms with Gasteiger partial charge in [0.2, 0.25) is 0 Å². The van der Waals surface area contributed by atoms with Crippen LogP contribution in [-0.4, -0.2) is 67.3 Å². The molecule has 2 heterocycles. The van der Waals surface area contributed by atoms with Crippen molar-refractivity contribution in [1.29, 1.82) is 0 Å². The van der Waals surface area contributed by atoms with Crippen LogP contribution in [0.4, 0.5) is 17.3 Å². The lowest BCUT2D eigenvalue weighted by Crippen LogP contribution is -2.38. The highest BCUT2D eigenvalue weighted by atomic mass is 35.5. The van der Waals surface area contributed by atoms with E-state index in [1.54, 1.807) is 24.3 Å². The number of halogens is 1.